The first-order valence-electron chi connectivity index (χ1n) is 3.57. The first kappa shape index (κ1) is 9.38. The molecule has 1 N–H and O–H groups in total. The van der Waals surface area contributed by atoms with Crippen LogP contribution in [0.15, 0.2) is 18.8 Å². The number of carboxylic acids is 1. The molecule has 0 radical (unpaired) electrons. The predicted octanol–water partition coefficient (Wildman–Crippen LogP) is 1.95. The van der Waals surface area contributed by atoms with E-state index in [0.717, 1.165) is 12.3 Å². The van der Waals surface area contributed by atoms with Gasteiger partial charge in [0.2, 0.25) is 0 Å². The summed E-state index contributed by atoms with van der Waals surface area (Å²) in [5.74, 6) is -1.85. The Balaban J connectivity index is 3.20. The van der Waals surface area contributed by atoms with E-state index in [9.17, 15) is 9.18 Å². The Kier molecular flexibility index (Phi) is 2.41. The summed E-state index contributed by atoms with van der Waals surface area (Å²) >= 11 is 0. The molecule has 68 valence electrons. The van der Waals surface area contributed by atoms with Crippen LogP contribution >= 0.6 is 0 Å². The molecule has 4 heteroatoms. The number of pyridine rings is 1. The summed E-state index contributed by atoms with van der Waals surface area (Å²) in [6, 6.07) is 0.930. The Labute approximate surface area is 74.5 Å². The van der Waals surface area contributed by atoms with Gasteiger partial charge in [0.15, 0.2) is 0 Å². The fourth-order valence-electron chi connectivity index (χ4n) is 0.869. The van der Waals surface area contributed by atoms with Gasteiger partial charge >= 0.3 is 5.97 Å². The molecule has 0 spiro atoms. The Morgan fingerprint density at radius 2 is 2.31 bits per heavy atom. The average Bonchev–Trinajstić information content (AvgIpc) is 2.03. The molecule has 0 bridgehead atoms. The smallest absolute Gasteiger partial charge is 0.337 e. The van der Waals surface area contributed by atoms with Crippen LogP contribution in [0.5, 0.6) is 0 Å². The summed E-state index contributed by atoms with van der Waals surface area (Å²) in [5.41, 5.74) is 0.405. The second kappa shape index (κ2) is 3.35. The van der Waals surface area contributed by atoms with E-state index in [1.165, 1.54) is 0 Å². The van der Waals surface area contributed by atoms with E-state index >= 15 is 0 Å². The van der Waals surface area contributed by atoms with Gasteiger partial charge in [-0.25, -0.2) is 9.18 Å². The lowest BCUT2D eigenvalue weighted by molar-refractivity contribution is 0.0696. The third-order valence-electron chi connectivity index (χ3n) is 1.49. The molecule has 0 aliphatic rings. The maximum atomic E-state index is 13.1. The zero-order valence-corrected chi connectivity index (χ0v) is 7.04. The van der Waals surface area contributed by atoms with E-state index in [1.807, 2.05) is 0 Å². The largest absolute Gasteiger partial charge is 0.478 e. The second-order valence-corrected chi connectivity index (χ2v) is 2.64. The topological polar surface area (TPSA) is 50.2 Å². The fraction of sp³-hybridized carbons (Fsp3) is 0.111. The van der Waals surface area contributed by atoms with Crippen molar-refractivity contribution >= 4 is 11.5 Å². The average molecular weight is 181 g/mol. The minimum atomic E-state index is -1.19. The van der Waals surface area contributed by atoms with Gasteiger partial charge < -0.3 is 5.11 Å². The number of halogens is 1. The monoisotopic (exact) mass is 181 g/mol. The van der Waals surface area contributed by atoms with Gasteiger partial charge in [-0.3, -0.25) is 4.98 Å². The number of hydrogen-bond acceptors (Lipinski definition) is 2. The van der Waals surface area contributed by atoms with Crippen molar-refractivity contribution in [3.05, 3.63) is 35.9 Å². The van der Waals surface area contributed by atoms with Crippen molar-refractivity contribution in [3.8, 4) is 0 Å². The van der Waals surface area contributed by atoms with Crippen molar-refractivity contribution in [1.82, 2.24) is 4.98 Å². The van der Waals surface area contributed by atoms with Crippen LogP contribution in [0.2, 0.25) is 0 Å². The molecule has 0 unspecified atom stereocenters. The van der Waals surface area contributed by atoms with Crippen LogP contribution in [0.1, 0.15) is 23.0 Å². The molecule has 0 atom stereocenters. The van der Waals surface area contributed by atoms with E-state index in [2.05, 4.69) is 11.6 Å². The Morgan fingerprint density at radius 1 is 1.69 bits per heavy atom. The van der Waals surface area contributed by atoms with Crippen LogP contribution in [0.3, 0.4) is 0 Å². The van der Waals surface area contributed by atoms with Gasteiger partial charge in [0.25, 0.3) is 0 Å². The van der Waals surface area contributed by atoms with Gasteiger partial charge in [-0.2, -0.15) is 0 Å². The number of carbonyl (C=O) groups is 1. The summed E-state index contributed by atoms with van der Waals surface area (Å²) in [5, 5.41) is 8.51. The highest BCUT2D eigenvalue weighted by Gasteiger charge is 2.09. The van der Waals surface area contributed by atoms with Gasteiger partial charge in [-0.15, -0.1) is 0 Å². The number of aromatic nitrogens is 1. The van der Waals surface area contributed by atoms with Crippen LogP contribution in [0, 0.1) is 5.82 Å². The van der Waals surface area contributed by atoms with Gasteiger partial charge in [0, 0.05) is 6.20 Å². The summed E-state index contributed by atoms with van der Waals surface area (Å²) in [7, 11) is 0. The molecule has 1 aromatic heterocycles. The van der Waals surface area contributed by atoms with Crippen molar-refractivity contribution in [1.29, 1.82) is 0 Å². The van der Waals surface area contributed by atoms with Crippen LogP contribution < -0.4 is 0 Å². The molecule has 0 aliphatic heterocycles. The molecule has 0 aliphatic carbocycles. The fourth-order valence-corrected chi connectivity index (χ4v) is 0.869. The highest BCUT2D eigenvalue weighted by molar-refractivity contribution is 5.87. The van der Waals surface area contributed by atoms with Crippen LogP contribution in [0.4, 0.5) is 4.39 Å². The van der Waals surface area contributed by atoms with E-state index < -0.39 is 11.8 Å². The van der Waals surface area contributed by atoms with Gasteiger partial charge in [0.1, 0.15) is 11.5 Å². The second-order valence-electron chi connectivity index (χ2n) is 2.64. The quantitative estimate of drug-likeness (QED) is 0.758. The lowest BCUT2D eigenvalue weighted by atomic mass is 10.2. The Hall–Kier alpha value is -1.71. The molecule has 0 saturated heterocycles. The van der Waals surface area contributed by atoms with Gasteiger partial charge in [-0.05, 0) is 18.6 Å². The first-order valence-corrected chi connectivity index (χ1v) is 3.57. The van der Waals surface area contributed by atoms with E-state index in [0.29, 0.717) is 5.57 Å². The number of carboxylic acid groups (broad SMARTS) is 1. The van der Waals surface area contributed by atoms with Crippen LogP contribution in [-0.2, 0) is 0 Å². The molecular formula is C9H8FNO2. The number of nitrogens with zero attached hydrogens (tertiary/aromatic N) is 1. The van der Waals surface area contributed by atoms with Gasteiger partial charge in [0.05, 0.1) is 5.56 Å². The Morgan fingerprint density at radius 3 is 2.69 bits per heavy atom. The summed E-state index contributed by atoms with van der Waals surface area (Å²) in [4.78, 5) is 14.0. The van der Waals surface area contributed by atoms with Crippen molar-refractivity contribution in [2.24, 2.45) is 0 Å². The minimum Gasteiger partial charge on any atom is -0.478 e. The summed E-state index contributed by atoms with van der Waals surface area (Å²) in [6.07, 6.45) is 1.11. The lowest BCUT2D eigenvalue weighted by Gasteiger charge is -2.01. The summed E-state index contributed by atoms with van der Waals surface area (Å²) < 4.78 is 13.1. The lowest BCUT2D eigenvalue weighted by Crippen LogP contribution is -2.01. The minimum absolute atomic E-state index is 0.102. The molecule has 1 aromatic rings. The molecule has 0 amide bonds. The molecule has 0 aromatic carbocycles. The van der Waals surface area contributed by atoms with Gasteiger partial charge in [-0.1, -0.05) is 6.58 Å². The standard InChI is InChI=1S/C9H8FNO2/c1-5(2)8-7(10)3-6(4-11-8)9(12)13/h3-4H,1H2,2H3,(H,12,13). The molecular weight excluding hydrogens is 173 g/mol. The maximum absolute atomic E-state index is 13.1. The predicted molar refractivity (Wildman–Crippen MR) is 45.9 cm³/mol. The van der Waals surface area contributed by atoms with Crippen molar-refractivity contribution in [2.75, 3.05) is 0 Å². The van der Waals surface area contributed by atoms with E-state index in [4.69, 9.17) is 5.11 Å². The van der Waals surface area contributed by atoms with Crippen molar-refractivity contribution in [2.45, 2.75) is 6.92 Å². The van der Waals surface area contributed by atoms with E-state index in [-0.39, 0.29) is 11.3 Å². The van der Waals surface area contributed by atoms with Crippen molar-refractivity contribution < 1.29 is 14.3 Å². The number of allylic oxidation sites excluding steroid dienone is 1. The highest BCUT2D eigenvalue weighted by atomic mass is 19.1. The zero-order valence-electron chi connectivity index (χ0n) is 7.04. The Bertz CT molecular complexity index is 374. The SMILES string of the molecule is C=C(C)c1ncc(C(=O)O)cc1F. The number of rotatable bonds is 2. The first-order chi connectivity index (χ1) is 6.02. The normalized spacial score (nSPS) is 9.69. The summed E-state index contributed by atoms with van der Waals surface area (Å²) in [6.45, 7) is 5.11. The zero-order chi connectivity index (χ0) is 10.0. The van der Waals surface area contributed by atoms with Crippen LogP contribution in [-0.4, -0.2) is 16.1 Å². The maximum Gasteiger partial charge on any atom is 0.337 e. The molecule has 3 nitrogen and oxygen atoms in total. The van der Waals surface area contributed by atoms with Crippen LogP contribution in [0.25, 0.3) is 5.57 Å². The molecule has 1 heterocycles. The third kappa shape index (κ3) is 1.90. The van der Waals surface area contributed by atoms with Crippen molar-refractivity contribution in [3.63, 3.8) is 0 Å². The third-order valence-corrected chi connectivity index (χ3v) is 1.49. The van der Waals surface area contributed by atoms with E-state index in [1.54, 1.807) is 6.92 Å². The number of aromatic carboxylic acids is 1. The molecule has 0 saturated carbocycles. The number of hydrogen-bond donors (Lipinski definition) is 1. The molecule has 0 fully saturated rings. The molecule has 13 heavy (non-hydrogen) atoms. The molecule has 1 rings (SSSR count). The highest BCUT2D eigenvalue weighted by Crippen LogP contribution is 2.14.